The topological polar surface area (TPSA) is 72.1 Å². The van der Waals surface area contributed by atoms with E-state index in [2.05, 4.69) is 11.0 Å². The number of amides is 1. The number of para-hydroxylation sites is 1. The van der Waals surface area contributed by atoms with E-state index in [0.717, 1.165) is 53.4 Å². The Morgan fingerprint density at radius 2 is 2.12 bits per heavy atom. The number of thiophene rings is 1. The second-order valence-electron chi connectivity index (χ2n) is 6.49. The van der Waals surface area contributed by atoms with Crippen molar-refractivity contribution in [3.8, 4) is 10.7 Å². The Hall–Kier alpha value is -2.47. The highest BCUT2D eigenvalue weighted by atomic mass is 32.1. The van der Waals surface area contributed by atoms with Gasteiger partial charge in [-0.25, -0.2) is 9.97 Å². The molecule has 3 aromatic rings. The SMILES string of the molecule is NC(=O)CC1CCCN(c2nc(-c3cccs3)nc3ccccc23)C1. The molecule has 1 aromatic carbocycles. The molecule has 0 saturated carbocycles. The average molecular weight is 352 g/mol. The van der Waals surface area contributed by atoms with Gasteiger partial charge in [0.05, 0.1) is 10.4 Å². The number of primary amides is 1. The Bertz CT molecular complexity index is 894. The second kappa shape index (κ2) is 6.80. The molecule has 1 aliphatic heterocycles. The number of fused-ring (bicyclic) bond motifs is 1. The zero-order chi connectivity index (χ0) is 17.2. The van der Waals surface area contributed by atoms with E-state index in [4.69, 9.17) is 15.7 Å². The van der Waals surface area contributed by atoms with Crippen molar-refractivity contribution in [3.05, 3.63) is 41.8 Å². The molecule has 0 radical (unpaired) electrons. The minimum absolute atomic E-state index is 0.223. The van der Waals surface area contributed by atoms with Gasteiger partial charge in [0.25, 0.3) is 0 Å². The molecule has 1 aliphatic rings. The van der Waals surface area contributed by atoms with Gasteiger partial charge < -0.3 is 10.6 Å². The molecule has 5 nitrogen and oxygen atoms in total. The summed E-state index contributed by atoms with van der Waals surface area (Å²) in [7, 11) is 0. The standard InChI is InChI=1S/C19H20N4OS/c20-17(24)11-13-5-3-9-23(12-13)19-14-6-1-2-7-15(14)21-18(22-19)16-8-4-10-25-16/h1-2,4,6-8,10,13H,3,5,9,11-12H2,(H2,20,24). The lowest BCUT2D eigenvalue weighted by Gasteiger charge is -2.33. The highest BCUT2D eigenvalue weighted by molar-refractivity contribution is 7.13. The zero-order valence-corrected chi connectivity index (χ0v) is 14.7. The number of carbonyl (C=O) groups excluding carboxylic acids is 1. The van der Waals surface area contributed by atoms with Crippen molar-refractivity contribution in [2.75, 3.05) is 18.0 Å². The van der Waals surface area contributed by atoms with Gasteiger partial charge in [0.1, 0.15) is 5.82 Å². The Morgan fingerprint density at radius 1 is 1.24 bits per heavy atom. The molecule has 0 bridgehead atoms. The van der Waals surface area contributed by atoms with Crippen LogP contribution in [0.4, 0.5) is 5.82 Å². The van der Waals surface area contributed by atoms with E-state index in [1.54, 1.807) is 11.3 Å². The van der Waals surface area contributed by atoms with Gasteiger partial charge in [-0.15, -0.1) is 11.3 Å². The molecule has 6 heteroatoms. The fraction of sp³-hybridized carbons (Fsp3) is 0.316. The molecule has 2 aromatic heterocycles. The highest BCUT2D eigenvalue weighted by Gasteiger charge is 2.24. The molecule has 2 N–H and O–H groups in total. The third-order valence-corrected chi connectivity index (χ3v) is 5.50. The summed E-state index contributed by atoms with van der Waals surface area (Å²) in [5.74, 6) is 1.80. The Morgan fingerprint density at radius 3 is 2.92 bits per heavy atom. The third-order valence-electron chi connectivity index (χ3n) is 4.63. The molecule has 1 atom stereocenters. The van der Waals surface area contributed by atoms with Crippen molar-refractivity contribution in [1.29, 1.82) is 0 Å². The van der Waals surface area contributed by atoms with Gasteiger partial charge >= 0.3 is 0 Å². The van der Waals surface area contributed by atoms with Crippen LogP contribution in [0.15, 0.2) is 41.8 Å². The largest absolute Gasteiger partial charge is 0.370 e. The summed E-state index contributed by atoms with van der Waals surface area (Å²) in [5, 5.41) is 3.10. The van der Waals surface area contributed by atoms with Crippen molar-refractivity contribution < 1.29 is 4.79 Å². The van der Waals surface area contributed by atoms with E-state index in [1.807, 2.05) is 35.7 Å². The summed E-state index contributed by atoms with van der Waals surface area (Å²) >= 11 is 1.64. The maximum atomic E-state index is 11.3. The van der Waals surface area contributed by atoms with E-state index >= 15 is 0 Å². The number of benzene rings is 1. The number of hydrogen-bond donors (Lipinski definition) is 1. The molecule has 4 rings (SSSR count). The van der Waals surface area contributed by atoms with Crippen LogP contribution in [-0.2, 0) is 4.79 Å². The molecule has 1 fully saturated rings. The first-order chi connectivity index (χ1) is 12.2. The number of piperidine rings is 1. The summed E-state index contributed by atoms with van der Waals surface area (Å²) in [4.78, 5) is 24.3. The van der Waals surface area contributed by atoms with Gasteiger partial charge in [0.15, 0.2) is 5.82 Å². The minimum atomic E-state index is -0.223. The average Bonchev–Trinajstić information content (AvgIpc) is 3.15. The Balaban J connectivity index is 1.76. The summed E-state index contributed by atoms with van der Waals surface area (Å²) in [6.45, 7) is 1.76. The van der Waals surface area contributed by atoms with Crippen LogP contribution in [0.1, 0.15) is 19.3 Å². The smallest absolute Gasteiger partial charge is 0.217 e. The monoisotopic (exact) mass is 352 g/mol. The molecule has 1 unspecified atom stereocenters. The maximum absolute atomic E-state index is 11.3. The molecule has 25 heavy (non-hydrogen) atoms. The molecule has 128 valence electrons. The first-order valence-electron chi connectivity index (χ1n) is 8.54. The zero-order valence-electron chi connectivity index (χ0n) is 13.9. The summed E-state index contributed by atoms with van der Waals surface area (Å²) < 4.78 is 0. The number of anilines is 1. The predicted molar refractivity (Wildman–Crippen MR) is 102 cm³/mol. The second-order valence-corrected chi connectivity index (χ2v) is 7.44. The summed E-state index contributed by atoms with van der Waals surface area (Å²) in [6, 6.07) is 12.2. The van der Waals surface area contributed by atoms with E-state index in [1.165, 1.54) is 0 Å². The first-order valence-corrected chi connectivity index (χ1v) is 9.42. The van der Waals surface area contributed by atoms with E-state index in [9.17, 15) is 4.79 Å². The summed E-state index contributed by atoms with van der Waals surface area (Å²) in [6.07, 6.45) is 2.53. The van der Waals surface area contributed by atoms with Gasteiger partial charge in [-0.3, -0.25) is 4.79 Å². The van der Waals surface area contributed by atoms with Crippen molar-refractivity contribution in [2.24, 2.45) is 11.7 Å². The number of rotatable bonds is 4. The number of nitrogens with two attached hydrogens (primary N) is 1. The van der Waals surface area contributed by atoms with Gasteiger partial charge in [0, 0.05) is 24.9 Å². The van der Waals surface area contributed by atoms with Crippen LogP contribution in [0.5, 0.6) is 0 Å². The van der Waals surface area contributed by atoms with Crippen LogP contribution in [0.3, 0.4) is 0 Å². The van der Waals surface area contributed by atoms with Gasteiger partial charge in [-0.1, -0.05) is 18.2 Å². The number of aromatic nitrogens is 2. The Labute approximate surface area is 150 Å². The van der Waals surface area contributed by atoms with E-state index in [0.29, 0.717) is 12.3 Å². The fourth-order valence-corrected chi connectivity index (χ4v) is 4.18. The lowest BCUT2D eigenvalue weighted by Crippen LogP contribution is -2.37. The maximum Gasteiger partial charge on any atom is 0.217 e. The molecular formula is C19H20N4OS. The lowest BCUT2D eigenvalue weighted by atomic mass is 9.94. The lowest BCUT2D eigenvalue weighted by molar-refractivity contribution is -0.118. The van der Waals surface area contributed by atoms with Gasteiger partial charge in [-0.05, 0) is 42.3 Å². The minimum Gasteiger partial charge on any atom is -0.370 e. The number of nitrogens with zero attached hydrogens (tertiary/aromatic N) is 3. The number of hydrogen-bond acceptors (Lipinski definition) is 5. The molecule has 0 spiro atoms. The van der Waals surface area contributed by atoms with E-state index in [-0.39, 0.29) is 5.91 Å². The molecule has 1 saturated heterocycles. The van der Waals surface area contributed by atoms with Crippen LogP contribution >= 0.6 is 11.3 Å². The molecule has 3 heterocycles. The fourth-order valence-electron chi connectivity index (χ4n) is 3.53. The van der Waals surface area contributed by atoms with Crippen LogP contribution in [0.25, 0.3) is 21.6 Å². The highest BCUT2D eigenvalue weighted by Crippen LogP contribution is 2.32. The normalized spacial score (nSPS) is 17.8. The third kappa shape index (κ3) is 3.35. The Kier molecular flexibility index (Phi) is 4.36. The van der Waals surface area contributed by atoms with Crippen LogP contribution in [0, 0.1) is 5.92 Å². The van der Waals surface area contributed by atoms with Gasteiger partial charge in [-0.2, -0.15) is 0 Å². The first kappa shape index (κ1) is 16.0. The molecule has 0 aliphatic carbocycles. The molecular weight excluding hydrogens is 332 g/mol. The predicted octanol–water partition coefficient (Wildman–Crippen LogP) is 3.45. The van der Waals surface area contributed by atoms with E-state index < -0.39 is 0 Å². The van der Waals surface area contributed by atoms with Crippen molar-refractivity contribution in [1.82, 2.24) is 9.97 Å². The van der Waals surface area contributed by atoms with Crippen LogP contribution < -0.4 is 10.6 Å². The quantitative estimate of drug-likeness (QED) is 0.780. The van der Waals surface area contributed by atoms with Crippen LogP contribution in [-0.4, -0.2) is 29.0 Å². The van der Waals surface area contributed by atoms with Crippen molar-refractivity contribution >= 4 is 34.0 Å². The number of carbonyl (C=O) groups is 1. The van der Waals surface area contributed by atoms with Crippen molar-refractivity contribution in [3.63, 3.8) is 0 Å². The molecule has 1 amide bonds. The van der Waals surface area contributed by atoms with Crippen molar-refractivity contribution in [2.45, 2.75) is 19.3 Å². The van der Waals surface area contributed by atoms with Gasteiger partial charge in [0.2, 0.25) is 5.91 Å². The summed E-state index contributed by atoms with van der Waals surface area (Å²) in [5.41, 5.74) is 6.36. The van der Waals surface area contributed by atoms with Crippen LogP contribution in [0.2, 0.25) is 0 Å².